The molecule has 1 aromatic rings. The van der Waals surface area contributed by atoms with E-state index in [-0.39, 0.29) is 0 Å². The van der Waals surface area contributed by atoms with Gasteiger partial charge in [-0.25, -0.2) is 0 Å². The van der Waals surface area contributed by atoms with Crippen LogP contribution in [0.4, 0.5) is 5.69 Å². The normalized spacial score (nSPS) is 11.5. The van der Waals surface area contributed by atoms with Gasteiger partial charge in [0, 0.05) is 20.1 Å². The zero-order valence-electron chi connectivity index (χ0n) is 10.2. The molecule has 0 bridgehead atoms. The molecule has 0 unspecified atom stereocenters. The molecule has 0 heterocycles. The van der Waals surface area contributed by atoms with Gasteiger partial charge in [-0.15, -0.1) is 0 Å². The number of anilines is 1. The molecule has 1 aromatic carbocycles. The third kappa shape index (κ3) is 3.69. The monoisotopic (exact) mass is 257 g/mol. The van der Waals surface area contributed by atoms with Crippen molar-refractivity contribution in [2.45, 2.75) is 19.9 Å². The fraction of sp³-hybridized carbons (Fsp3) is 0.455. The Morgan fingerprint density at radius 3 is 2.71 bits per heavy atom. The first-order chi connectivity index (χ1) is 8.01. The van der Waals surface area contributed by atoms with Crippen LogP contribution in [0, 0.1) is 0 Å². The lowest BCUT2D eigenvalue weighted by Crippen LogP contribution is -2.38. The molecule has 0 aromatic heterocycles. The molecular weight excluding hydrogens is 238 g/mol. The Kier molecular flexibility index (Phi) is 4.92. The van der Waals surface area contributed by atoms with E-state index in [9.17, 15) is 8.42 Å². The van der Waals surface area contributed by atoms with Gasteiger partial charge in [0.1, 0.15) is 0 Å². The van der Waals surface area contributed by atoms with Crippen molar-refractivity contribution in [2.75, 3.05) is 17.9 Å². The molecule has 5 nitrogen and oxygen atoms in total. The first-order valence-electron chi connectivity index (χ1n) is 5.53. The second kappa shape index (κ2) is 6.00. The van der Waals surface area contributed by atoms with Gasteiger partial charge in [-0.05, 0) is 24.1 Å². The molecule has 0 aliphatic heterocycles. The minimum Gasteiger partial charge on any atom is -0.326 e. The summed E-state index contributed by atoms with van der Waals surface area (Å²) in [5, 5.41) is 0. The van der Waals surface area contributed by atoms with Gasteiger partial charge < -0.3 is 5.73 Å². The van der Waals surface area contributed by atoms with E-state index in [1.165, 1.54) is 11.4 Å². The number of rotatable bonds is 6. The van der Waals surface area contributed by atoms with Crippen LogP contribution in [0.25, 0.3) is 0 Å². The number of hydrogen-bond acceptors (Lipinski definition) is 3. The van der Waals surface area contributed by atoms with Crippen molar-refractivity contribution in [3.05, 3.63) is 29.8 Å². The Hall–Kier alpha value is -1.11. The van der Waals surface area contributed by atoms with Crippen LogP contribution in [0.3, 0.4) is 0 Å². The molecule has 1 rings (SSSR count). The highest BCUT2D eigenvalue weighted by Gasteiger charge is 2.16. The summed E-state index contributed by atoms with van der Waals surface area (Å²) in [7, 11) is -1.94. The average molecular weight is 257 g/mol. The largest absolute Gasteiger partial charge is 0.326 e. The van der Waals surface area contributed by atoms with E-state index in [1.807, 2.05) is 13.0 Å². The highest BCUT2D eigenvalue weighted by atomic mass is 32.2. The standard InChI is InChI=1S/C11H19N3O2S/c1-3-7-13-17(15,16)14(2)11-6-4-5-10(8-11)9-12/h4-6,8,13H,3,7,9,12H2,1-2H3. The van der Waals surface area contributed by atoms with Crippen LogP contribution in [0.2, 0.25) is 0 Å². The minimum absolute atomic E-state index is 0.393. The summed E-state index contributed by atoms with van der Waals surface area (Å²) in [5.74, 6) is 0. The summed E-state index contributed by atoms with van der Waals surface area (Å²) in [6.07, 6.45) is 0.760. The molecule has 6 heteroatoms. The van der Waals surface area contributed by atoms with Gasteiger partial charge in [0.2, 0.25) is 0 Å². The van der Waals surface area contributed by atoms with Gasteiger partial charge >= 0.3 is 10.2 Å². The predicted molar refractivity (Wildman–Crippen MR) is 69.9 cm³/mol. The quantitative estimate of drug-likeness (QED) is 0.792. The molecule has 0 aliphatic carbocycles. The lowest BCUT2D eigenvalue weighted by Gasteiger charge is -2.20. The topological polar surface area (TPSA) is 75.4 Å². The van der Waals surface area contributed by atoms with E-state index in [2.05, 4.69) is 4.72 Å². The first kappa shape index (κ1) is 14.0. The summed E-state index contributed by atoms with van der Waals surface area (Å²) < 4.78 is 27.5. The molecule has 0 amide bonds. The van der Waals surface area contributed by atoms with Crippen molar-refractivity contribution in [1.29, 1.82) is 0 Å². The maximum absolute atomic E-state index is 11.9. The van der Waals surface area contributed by atoms with Crippen molar-refractivity contribution < 1.29 is 8.42 Å². The van der Waals surface area contributed by atoms with Crippen LogP contribution in [-0.2, 0) is 16.8 Å². The third-order valence-electron chi connectivity index (χ3n) is 2.40. The number of nitrogens with one attached hydrogen (secondary N) is 1. The number of nitrogens with zero attached hydrogens (tertiary/aromatic N) is 1. The van der Waals surface area contributed by atoms with Crippen LogP contribution < -0.4 is 14.8 Å². The predicted octanol–water partition coefficient (Wildman–Crippen LogP) is 0.826. The Morgan fingerprint density at radius 2 is 2.12 bits per heavy atom. The number of hydrogen-bond donors (Lipinski definition) is 2. The number of nitrogens with two attached hydrogens (primary N) is 1. The van der Waals surface area contributed by atoms with Crippen molar-refractivity contribution in [2.24, 2.45) is 5.73 Å². The zero-order chi connectivity index (χ0) is 12.9. The molecule has 0 atom stereocenters. The van der Waals surface area contributed by atoms with E-state index in [1.54, 1.807) is 18.2 Å². The van der Waals surface area contributed by atoms with E-state index in [4.69, 9.17) is 5.73 Å². The molecule has 0 spiro atoms. The van der Waals surface area contributed by atoms with Gasteiger partial charge in [-0.1, -0.05) is 19.1 Å². The molecule has 0 aliphatic rings. The smallest absolute Gasteiger partial charge is 0.301 e. The van der Waals surface area contributed by atoms with Gasteiger partial charge in [0.25, 0.3) is 0 Å². The van der Waals surface area contributed by atoms with E-state index in [0.29, 0.717) is 18.8 Å². The summed E-state index contributed by atoms with van der Waals surface area (Å²) in [4.78, 5) is 0. The van der Waals surface area contributed by atoms with Crippen LogP contribution in [-0.4, -0.2) is 22.0 Å². The first-order valence-corrected chi connectivity index (χ1v) is 6.97. The molecular formula is C11H19N3O2S. The van der Waals surface area contributed by atoms with Crippen molar-refractivity contribution in [3.8, 4) is 0 Å². The summed E-state index contributed by atoms with van der Waals surface area (Å²) >= 11 is 0. The maximum Gasteiger partial charge on any atom is 0.301 e. The highest BCUT2D eigenvalue weighted by Crippen LogP contribution is 2.16. The second-order valence-corrected chi connectivity index (χ2v) is 5.53. The van der Waals surface area contributed by atoms with E-state index < -0.39 is 10.2 Å². The Labute approximate surface area is 103 Å². The van der Waals surface area contributed by atoms with Gasteiger partial charge in [0.15, 0.2) is 0 Å². The summed E-state index contributed by atoms with van der Waals surface area (Å²) in [6, 6.07) is 7.17. The Morgan fingerprint density at radius 1 is 1.41 bits per heavy atom. The lowest BCUT2D eigenvalue weighted by atomic mass is 10.2. The van der Waals surface area contributed by atoms with Crippen LogP contribution in [0.15, 0.2) is 24.3 Å². The van der Waals surface area contributed by atoms with Gasteiger partial charge in [-0.3, -0.25) is 4.31 Å². The van der Waals surface area contributed by atoms with E-state index in [0.717, 1.165) is 12.0 Å². The van der Waals surface area contributed by atoms with Crippen LogP contribution >= 0.6 is 0 Å². The van der Waals surface area contributed by atoms with Crippen molar-refractivity contribution in [3.63, 3.8) is 0 Å². The van der Waals surface area contributed by atoms with Crippen LogP contribution in [0.1, 0.15) is 18.9 Å². The fourth-order valence-electron chi connectivity index (χ4n) is 1.35. The molecule has 96 valence electrons. The molecule has 0 radical (unpaired) electrons. The number of benzene rings is 1. The molecule has 0 fully saturated rings. The third-order valence-corrected chi connectivity index (χ3v) is 3.91. The van der Waals surface area contributed by atoms with Gasteiger partial charge in [0.05, 0.1) is 5.69 Å². The Bertz CT molecular complexity index is 460. The highest BCUT2D eigenvalue weighted by molar-refractivity contribution is 7.90. The molecule has 0 saturated carbocycles. The average Bonchev–Trinajstić information content (AvgIpc) is 2.35. The minimum atomic E-state index is -3.46. The molecule has 17 heavy (non-hydrogen) atoms. The zero-order valence-corrected chi connectivity index (χ0v) is 11.0. The van der Waals surface area contributed by atoms with Crippen molar-refractivity contribution >= 4 is 15.9 Å². The Balaban J connectivity index is 2.91. The van der Waals surface area contributed by atoms with E-state index >= 15 is 0 Å². The fourth-order valence-corrected chi connectivity index (χ4v) is 2.39. The molecule has 3 N–H and O–H groups in total. The van der Waals surface area contributed by atoms with Gasteiger partial charge in [-0.2, -0.15) is 13.1 Å². The summed E-state index contributed by atoms with van der Waals surface area (Å²) in [5.41, 5.74) is 7.04. The van der Waals surface area contributed by atoms with Crippen molar-refractivity contribution in [1.82, 2.24) is 4.72 Å². The summed E-state index contributed by atoms with van der Waals surface area (Å²) in [6.45, 7) is 2.74. The maximum atomic E-state index is 11.9. The second-order valence-electron chi connectivity index (χ2n) is 3.74. The molecule has 0 saturated heterocycles. The SMILES string of the molecule is CCCNS(=O)(=O)N(C)c1cccc(CN)c1. The van der Waals surface area contributed by atoms with Crippen LogP contribution in [0.5, 0.6) is 0 Å². The lowest BCUT2D eigenvalue weighted by molar-refractivity contribution is 0.579.